The molecule has 0 amide bonds. The molecule has 0 aromatic carbocycles. The topological polar surface area (TPSA) is 36.9 Å². The molecule has 7 atom stereocenters. The van der Waals surface area contributed by atoms with Gasteiger partial charge in [0, 0.05) is 12.3 Å². The largest absolute Gasteiger partial charge is 0.349 e. The van der Waals surface area contributed by atoms with Gasteiger partial charge in [-0.25, -0.2) is 0 Å². The summed E-state index contributed by atoms with van der Waals surface area (Å²) in [6.45, 7) is 5.00. The van der Waals surface area contributed by atoms with Crippen LogP contribution in [0.5, 0.6) is 0 Å². The van der Waals surface area contributed by atoms with E-state index in [-0.39, 0.29) is 11.7 Å². The van der Waals surface area contributed by atoms with Crippen molar-refractivity contribution in [3.8, 4) is 12.3 Å². The molecule has 1 unspecified atom stereocenters. The molecule has 6 aliphatic rings. The predicted molar refractivity (Wildman–Crippen MR) is 109 cm³/mol. The second-order valence-electron chi connectivity index (χ2n) is 10.9. The van der Waals surface area contributed by atoms with Gasteiger partial charge in [0.2, 0.25) is 0 Å². The molecule has 4 aliphatic carbocycles. The number of terminal acetylenes is 1. The van der Waals surface area contributed by atoms with Gasteiger partial charge in [-0.15, -0.1) is 12.3 Å². The van der Waals surface area contributed by atoms with Crippen molar-refractivity contribution in [2.75, 3.05) is 26.4 Å². The van der Waals surface area contributed by atoms with Crippen LogP contribution in [-0.2, 0) is 18.9 Å². The Kier molecular flexibility index (Phi) is 4.41. The zero-order chi connectivity index (χ0) is 19.7. The molecule has 29 heavy (non-hydrogen) atoms. The minimum atomic E-state index is -0.518. The summed E-state index contributed by atoms with van der Waals surface area (Å²) in [6.07, 6.45) is 17.0. The highest BCUT2D eigenvalue weighted by molar-refractivity contribution is 5.18. The fourth-order valence-corrected chi connectivity index (χ4v) is 9.27. The number of rotatable bonds is 0. The van der Waals surface area contributed by atoms with Crippen molar-refractivity contribution in [1.29, 1.82) is 0 Å². The lowest BCUT2D eigenvalue weighted by Gasteiger charge is -2.63. The average Bonchev–Trinajstić information content (AvgIpc) is 2.91. The molecule has 2 bridgehead atoms. The van der Waals surface area contributed by atoms with Crippen molar-refractivity contribution in [3.63, 3.8) is 0 Å². The van der Waals surface area contributed by atoms with Crippen LogP contribution in [0.1, 0.15) is 64.7 Å². The normalized spacial score (nSPS) is 56.6. The molecular formula is C25H36O4. The lowest BCUT2D eigenvalue weighted by atomic mass is 9.42. The lowest BCUT2D eigenvalue weighted by Crippen LogP contribution is -2.63. The van der Waals surface area contributed by atoms with E-state index < -0.39 is 5.79 Å². The Morgan fingerprint density at radius 3 is 2.34 bits per heavy atom. The van der Waals surface area contributed by atoms with Gasteiger partial charge in [-0.2, -0.15) is 0 Å². The first kappa shape index (κ1) is 19.1. The quantitative estimate of drug-likeness (QED) is 0.566. The second-order valence-corrected chi connectivity index (χ2v) is 10.9. The van der Waals surface area contributed by atoms with Gasteiger partial charge in [-0.05, 0) is 67.6 Å². The molecular weight excluding hydrogens is 364 g/mol. The van der Waals surface area contributed by atoms with Crippen molar-refractivity contribution < 1.29 is 18.9 Å². The van der Waals surface area contributed by atoms with Crippen molar-refractivity contribution in [2.24, 2.45) is 40.4 Å². The third-order valence-electron chi connectivity index (χ3n) is 10.3. The summed E-state index contributed by atoms with van der Waals surface area (Å²) in [6, 6.07) is 0. The SMILES string of the molecule is C#CC1C[C@@H]2[C@H](CC[C@]34C5OCCOC3(CC[C@@H]24)OCCO5)[C@@]2(C)CCCC[C@H]12. The Morgan fingerprint density at radius 2 is 1.59 bits per heavy atom. The minimum Gasteiger partial charge on any atom is -0.349 e. The lowest BCUT2D eigenvalue weighted by molar-refractivity contribution is -0.319. The molecule has 0 radical (unpaired) electrons. The Hall–Kier alpha value is -0.600. The van der Waals surface area contributed by atoms with Crippen LogP contribution in [0.3, 0.4) is 0 Å². The molecule has 4 nitrogen and oxygen atoms in total. The van der Waals surface area contributed by atoms with Crippen molar-refractivity contribution in [3.05, 3.63) is 0 Å². The highest BCUT2D eigenvalue weighted by Gasteiger charge is 2.73. The van der Waals surface area contributed by atoms with Gasteiger partial charge >= 0.3 is 0 Å². The van der Waals surface area contributed by atoms with Crippen molar-refractivity contribution in [2.45, 2.75) is 76.8 Å². The summed E-state index contributed by atoms with van der Waals surface area (Å²) in [7, 11) is 0. The molecule has 1 spiro atoms. The average molecular weight is 401 g/mol. The maximum absolute atomic E-state index is 6.52. The summed E-state index contributed by atoms with van der Waals surface area (Å²) >= 11 is 0. The first-order valence-corrected chi connectivity index (χ1v) is 12.1. The Bertz CT molecular complexity index is 687. The molecule has 4 saturated carbocycles. The number of fused-ring (bicyclic) bond motifs is 4. The van der Waals surface area contributed by atoms with E-state index in [4.69, 9.17) is 25.4 Å². The van der Waals surface area contributed by atoms with Crippen molar-refractivity contribution >= 4 is 0 Å². The van der Waals surface area contributed by atoms with Gasteiger partial charge in [0.25, 0.3) is 0 Å². The molecule has 6 fully saturated rings. The van der Waals surface area contributed by atoms with Gasteiger partial charge < -0.3 is 18.9 Å². The fraction of sp³-hybridized carbons (Fsp3) is 0.920. The third-order valence-corrected chi connectivity index (χ3v) is 10.3. The zero-order valence-corrected chi connectivity index (χ0v) is 17.9. The van der Waals surface area contributed by atoms with Crippen LogP contribution < -0.4 is 0 Å². The summed E-state index contributed by atoms with van der Waals surface area (Å²) < 4.78 is 25.7. The number of ether oxygens (including phenoxy) is 4. The number of hydrogen-bond acceptors (Lipinski definition) is 4. The highest BCUT2D eigenvalue weighted by Crippen LogP contribution is 2.71. The second kappa shape index (κ2) is 6.70. The highest BCUT2D eigenvalue weighted by atomic mass is 16.8. The van der Waals surface area contributed by atoms with E-state index in [9.17, 15) is 0 Å². The Balaban J connectivity index is 1.43. The van der Waals surface area contributed by atoms with Crippen LogP contribution in [0.15, 0.2) is 0 Å². The maximum atomic E-state index is 6.52. The first-order valence-electron chi connectivity index (χ1n) is 12.1. The van der Waals surface area contributed by atoms with E-state index in [1.165, 1.54) is 38.5 Å². The molecule has 2 heterocycles. The molecule has 0 N–H and O–H groups in total. The van der Waals surface area contributed by atoms with Crippen LogP contribution in [0.4, 0.5) is 0 Å². The molecule has 0 aromatic rings. The Labute approximate surface area is 175 Å². The van der Waals surface area contributed by atoms with Crippen LogP contribution in [0.25, 0.3) is 0 Å². The monoisotopic (exact) mass is 400 g/mol. The zero-order valence-electron chi connectivity index (χ0n) is 17.9. The van der Waals surface area contributed by atoms with Gasteiger partial charge in [0.15, 0.2) is 12.1 Å². The molecule has 2 saturated heterocycles. The van der Waals surface area contributed by atoms with E-state index in [1.54, 1.807) is 0 Å². The van der Waals surface area contributed by atoms with Crippen LogP contribution in [0.2, 0.25) is 0 Å². The first-order chi connectivity index (χ1) is 14.1. The molecule has 2 aliphatic heterocycles. The van der Waals surface area contributed by atoms with Gasteiger partial charge in [0.05, 0.1) is 31.8 Å². The maximum Gasteiger partial charge on any atom is 0.179 e. The molecule has 4 heteroatoms. The van der Waals surface area contributed by atoms with E-state index >= 15 is 0 Å². The third kappa shape index (κ3) is 2.37. The van der Waals surface area contributed by atoms with Crippen molar-refractivity contribution in [1.82, 2.24) is 0 Å². The summed E-state index contributed by atoms with van der Waals surface area (Å²) in [4.78, 5) is 0. The summed E-state index contributed by atoms with van der Waals surface area (Å²) in [5.41, 5.74) is 0.229. The van der Waals surface area contributed by atoms with E-state index in [1.807, 2.05) is 0 Å². The van der Waals surface area contributed by atoms with Crippen LogP contribution in [-0.4, -0.2) is 38.5 Å². The summed E-state index contributed by atoms with van der Waals surface area (Å²) in [5, 5.41) is 0. The van der Waals surface area contributed by atoms with Crippen LogP contribution in [0, 0.1) is 52.8 Å². The smallest absolute Gasteiger partial charge is 0.179 e. The van der Waals surface area contributed by atoms with Gasteiger partial charge in [0.1, 0.15) is 0 Å². The molecule has 160 valence electrons. The molecule has 0 aromatic heterocycles. The predicted octanol–water partition coefficient (Wildman–Crippen LogP) is 4.37. The minimum absolute atomic E-state index is 0.168. The van der Waals surface area contributed by atoms with E-state index in [2.05, 4.69) is 12.8 Å². The van der Waals surface area contributed by atoms with E-state index in [0.717, 1.165) is 25.2 Å². The standard InChI is InChI=1S/C25H36O4/c1-3-17-16-18-20(23(2)9-5-4-6-19(17)23)7-10-24-21(18)8-11-25(24)28-14-12-26-22(24)27-13-15-29-25/h1,17-22H,4-16H2,2H3/t17?,18-,19-,20+,21+,22?,23+,24+,25?/m1/s1. The Morgan fingerprint density at radius 1 is 0.828 bits per heavy atom. The summed E-state index contributed by atoms with van der Waals surface area (Å²) in [5.74, 6) is 5.81. The fourth-order valence-electron chi connectivity index (χ4n) is 9.27. The van der Waals surface area contributed by atoms with Gasteiger partial charge in [-0.3, -0.25) is 0 Å². The van der Waals surface area contributed by atoms with Gasteiger partial charge in [-0.1, -0.05) is 19.8 Å². The van der Waals surface area contributed by atoms with Crippen LogP contribution >= 0.6 is 0 Å². The van der Waals surface area contributed by atoms with E-state index in [0.29, 0.717) is 55.5 Å². The molecule has 6 rings (SSSR count). The number of hydrogen-bond donors (Lipinski definition) is 0.